The number of ether oxygens (including phenoxy) is 1. The molecule has 92 valence electrons. The van der Waals surface area contributed by atoms with Gasteiger partial charge in [-0.05, 0) is 68.5 Å². The molecule has 2 aliphatic rings. The van der Waals surface area contributed by atoms with Crippen molar-refractivity contribution in [3.63, 3.8) is 0 Å². The minimum atomic E-state index is 0.768. The molecule has 0 bridgehead atoms. The van der Waals surface area contributed by atoms with Crippen molar-refractivity contribution in [2.75, 3.05) is 20.7 Å². The van der Waals surface area contributed by atoms with Crippen LogP contribution < -0.4 is 4.74 Å². The van der Waals surface area contributed by atoms with E-state index in [0.29, 0.717) is 0 Å². The molecule has 0 N–H and O–H groups in total. The van der Waals surface area contributed by atoms with E-state index in [1.807, 2.05) is 0 Å². The number of benzene rings is 1. The maximum atomic E-state index is 5.33. The van der Waals surface area contributed by atoms with Crippen LogP contribution >= 0.6 is 0 Å². The summed E-state index contributed by atoms with van der Waals surface area (Å²) >= 11 is 0. The summed E-state index contributed by atoms with van der Waals surface area (Å²) in [7, 11) is 4.03. The first kappa shape index (κ1) is 11.1. The van der Waals surface area contributed by atoms with Gasteiger partial charge in [-0.3, -0.25) is 0 Å². The van der Waals surface area contributed by atoms with Gasteiger partial charge in [-0.25, -0.2) is 0 Å². The molecule has 0 saturated carbocycles. The molecule has 3 rings (SSSR count). The van der Waals surface area contributed by atoms with Crippen molar-refractivity contribution in [2.24, 2.45) is 5.92 Å². The second-order valence-electron chi connectivity index (χ2n) is 5.49. The highest BCUT2D eigenvalue weighted by molar-refractivity contribution is 5.38. The molecule has 1 aliphatic heterocycles. The van der Waals surface area contributed by atoms with E-state index in [9.17, 15) is 0 Å². The maximum absolute atomic E-state index is 5.33. The van der Waals surface area contributed by atoms with Gasteiger partial charge in [0.05, 0.1) is 7.11 Å². The Morgan fingerprint density at radius 1 is 1.24 bits per heavy atom. The van der Waals surface area contributed by atoms with E-state index >= 15 is 0 Å². The molecular formula is C15H21NO. The minimum Gasteiger partial charge on any atom is -0.497 e. The van der Waals surface area contributed by atoms with Gasteiger partial charge in [0.15, 0.2) is 0 Å². The zero-order valence-electron chi connectivity index (χ0n) is 10.8. The standard InChI is InChI=1S/C15H21NO/c1-16-7-3-4-12-8-13-9-14(17-2)6-5-11(13)10-15(12)16/h5-6,9,12,15H,3-4,7-8,10H2,1-2H3/t12-,15-/m1/s1. The number of piperidine rings is 1. The van der Waals surface area contributed by atoms with Gasteiger partial charge in [0.25, 0.3) is 0 Å². The van der Waals surface area contributed by atoms with Crippen LogP contribution in [-0.2, 0) is 12.8 Å². The average molecular weight is 231 g/mol. The summed E-state index contributed by atoms with van der Waals surface area (Å²) in [5, 5.41) is 0. The van der Waals surface area contributed by atoms with Crippen molar-refractivity contribution in [1.29, 1.82) is 0 Å². The maximum Gasteiger partial charge on any atom is 0.119 e. The topological polar surface area (TPSA) is 12.5 Å². The first-order chi connectivity index (χ1) is 8.28. The fourth-order valence-electron chi connectivity index (χ4n) is 3.51. The molecule has 2 nitrogen and oxygen atoms in total. The van der Waals surface area contributed by atoms with E-state index in [-0.39, 0.29) is 0 Å². The number of hydrogen-bond donors (Lipinski definition) is 0. The van der Waals surface area contributed by atoms with E-state index in [2.05, 4.69) is 30.1 Å². The summed E-state index contributed by atoms with van der Waals surface area (Å²) in [4.78, 5) is 2.56. The largest absolute Gasteiger partial charge is 0.497 e. The number of nitrogens with zero attached hydrogens (tertiary/aromatic N) is 1. The number of rotatable bonds is 1. The van der Waals surface area contributed by atoms with E-state index in [1.54, 1.807) is 7.11 Å². The Balaban J connectivity index is 1.90. The summed E-state index contributed by atoms with van der Waals surface area (Å²) < 4.78 is 5.33. The molecule has 0 radical (unpaired) electrons. The second kappa shape index (κ2) is 4.34. The SMILES string of the molecule is COc1ccc2c(c1)C[C@H]1CCCN(C)[C@@H]1C2. The first-order valence-electron chi connectivity index (χ1n) is 6.64. The average Bonchev–Trinajstić information content (AvgIpc) is 2.36. The van der Waals surface area contributed by atoms with Crippen LogP contribution in [0.3, 0.4) is 0 Å². The molecule has 1 heterocycles. The molecule has 17 heavy (non-hydrogen) atoms. The van der Waals surface area contributed by atoms with Crippen molar-refractivity contribution >= 4 is 0 Å². The highest BCUT2D eigenvalue weighted by Crippen LogP contribution is 2.35. The fraction of sp³-hybridized carbons (Fsp3) is 0.600. The monoisotopic (exact) mass is 231 g/mol. The van der Waals surface area contributed by atoms with Crippen LogP contribution in [0.1, 0.15) is 24.0 Å². The third-order valence-corrected chi connectivity index (χ3v) is 4.52. The highest BCUT2D eigenvalue weighted by Gasteiger charge is 2.33. The second-order valence-corrected chi connectivity index (χ2v) is 5.49. The van der Waals surface area contributed by atoms with Crippen LogP contribution in [0, 0.1) is 5.92 Å². The minimum absolute atomic E-state index is 0.768. The van der Waals surface area contributed by atoms with Gasteiger partial charge in [-0.15, -0.1) is 0 Å². The molecule has 1 saturated heterocycles. The van der Waals surface area contributed by atoms with Gasteiger partial charge in [-0.2, -0.15) is 0 Å². The molecule has 0 spiro atoms. The molecule has 1 aromatic carbocycles. The van der Waals surface area contributed by atoms with Gasteiger partial charge < -0.3 is 9.64 Å². The third-order valence-electron chi connectivity index (χ3n) is 4.52. The smallest absolute Gasteiger partial charge is 0.119 e. The predicted molar refractivity (Wildman–Crippen MR) is 69.5 cm³/mol. The normalized spacial score (nSPS) is 28.4. The first-order valence-corrected chi connectivity index (χ1v) is 6.64. The summed E-state index contributed by atoms with van der Waals surface area (Å²) in [5.41, 5.74) is 3.04. The van der Waals surface area contributed by atoms with Crippen molar-refractivity contribution in [3.05, 3.63) is 29.3 Å². The van der Waals surface area contributed by atoms with Crippen LogP contribution in [0.15, 0.2) is 18.2 Å². The van der Waals surface area contributed by atoms with E-state index < -0.39 is 0 Å². The summed E-state index contributed by atoms with van der Waals surface area (Å²) in [6.07, 6.45) is 5.21. The van der Waals surface area contributed by atoms with Crippen molar-refractivity contribution < 1.29 is 4.74 Å². The molecule has 0 unspecified atom stereocenters. The molecule has 0 aromatic heterocycles. The van der Waals surface area contributed by atoms with Gasteiger partial charge >= 0.3 is 0 Å². The summed E-state index contributed by atoms with van der Waals surface area (Å²) in [6.45, 7) is 1.27. The number of methoxy groups -OCH3 is 1. The van der Waals surface area contributed by atoms with Crippen LogP contribution in [0.5, 0.6) is 5.75 Å². The van der Waals surface area contributed by atoms with Crippen molar-refractivity contribution in [1.82, 2.24) is 4.90 Å². The Morgan fingerprint density at radius 3 is 2.94 bits per heavy atom. The Morgan fingerprint density at radius 2 is 2.12 bits per heavy atom. The number of likely N-dealkylation sites (tertiary alicyclic amines) is 1. The molecule has 0 amide bonds. The lowest BCUT2D eigenvalue weighted by atomic mass is 9.75. The quantitative estimate of drug-likeness (QED) is 0.736. The summed E-state index contributed by atoms with van der Waals surface area (Å²) in [5.74, 6) is 1.86. The van der Waals surface area contributed by atoms with Crippen LogP contribution in [0.2, 0.25) is 0 Å². The lowest BCUT2D eigenvalue weighted by Crippen LogP contribution is -2.47. The Labute approximate surface area is 104 Å². The molecule has 1 aromatic rings. The fourth-order valence-corrected chi connectivity index (χ4v) is 3.51. The van der Waals surface area contributed by atoms with Crippen LogP contribution in [0.25, 0.3) is 0 Å². The Bertz CT molecular complexity index is 415. The third kappa shape index (κ3) is 1.95. The van der Waals surface area contributed by atoms with Crippen molar-refractivity contribution in [2.45, 2.75) is 31.7 Å². The molecular weight excluding hydrogens is 210 g/mol. The lowest BCUT2D eigenvalue weighted by Gasteiger charge is -2.43. The highest BCUT2D eigenvalue weighted by atomic mass is 16.5. The van der Waals surface area contributed by atoms with E-state index in [0.717, 1.165) is 17.7 Å². The van der Waals surface area contributed by atoms with Gasteiger partial charge in [0.2, 0.25) is 0 Å². The van der Waals surface area contributed by atoms with E-state index in [1.165, 1.54) is 43.4 Å². The summed E-state index contributed by atoms with van der Waals surface area (Å²) in [6, 6.07) is 7.36. The van der Waals surface area contributed by atoms with Gasteiger partial charge in [-0.1, -0.05) is 6.07 Å². The van der Waals surface area contributed by atoms with E-state index in [4.69, 9.17) is 4.74 Å². The zero-order valence-corrected chi connectivity index (χ0v) is 10.8. The number of fused-ring (bicyclic) bond motifs is 2. The number of likely N-dealkylation sites (N-methyl/N-ethyl adjacent to an activating group) is 1. The lowest BCUT2D eigenvalue weighted by molar-refractivity contribution is 0.112. The molecule has 2 atom stereocenters. The molecule has 1 aliphatic carbocycles. The molecule has 2 heteroatoms. The Hall–Kier alpha value is -1.02. The van der Waals surface area contributed by atoms with Gasteiger partial charge in [0, 0.05) is 6.04 Å². The van der Waals surface area contributed by atoms with Crippen LogP contribution in [0.4, 0.5) is 0 Å². The Kier molecular flexibility index (Phi) is 2.83. The number of hydrogen-bond acceptors (Lipinski definition) is 2. The van der Waals surface area contributed by atoms with Crippen molar-refractivity contribution in [3.8, 4) is 5.75 Å². The van der Waals surface area contributed by atoms with Gasteiger partial charge in [0.1, 0.15) is 5.75 Å². The zero-order chi connectivity index (χ0) is 11.8. The molecule has 1 fully saturated rings. The van der Waals surface area contributed by atoms with Crippen LogP contribution in [-0.4, -0.2) is 31.6 Å². The predicted octanol–water partition coefficient (Wildman–Crippen LogP) is 2.50.